The SMILES string of the molecule is CCC1=C(C)NC(C)=C(CC)C1c1ccc([N+](=O)[O-])cc1. The fraction of sp³-hybridized carbons (Fsp3) is 0.412. The van der Waals surface area contributed by atoms with Crippen LogP contribution in [0.2, 0.25) is 0 Å². The van der Waals surface area contributed by atoms with Gasteiger partial charge in [-0.15, -0.1) is 0 Å². The second-order valence-electron chi connectivity index (χ2n) is 5.41. The molecule has 1 N–H and O–H groups in total. The highest BCUT2D eigenvalue weighted by Crippen LogP contribution is 2.40. The van der Waals surface area contributed by atoms with Crippen LogP contribution in [0.25, 0.3) is 0 Å². The lowest BCUT2D eigenvalue weighted by molar-refractivity contribution is -0.384. The molecule has 1 heterocycles. The van der Waals surface area contributed by atoms with E-state index in [1.54, 1.807) is 12.1 Å². The Morgan fingerprint density at radius 1 is 1.05 bits per heavy atom. The number of nitrogens with one attached hydrogen (secondary N) is 1. The van der Waals surface area contributed by atoms with Crippen LogP contribution in [-0.4, -0.2) is 4.92 Å². The molecule has 0 fully saturated rings. The number of benzene rings is 1. The normalized spacial score (nSPS) is 16.2. The molecule has 0 aliphatic carbocycles. The van der Waals surface area contributed by atoms with Crippen LogP contribution >= 0.6 is 0 Å². The second kappa shape index (κ2) is 6.12. The van der Waals surface area contributed by atoms with Gasteiger partial charge >= 0.3 is 0 Å². The van der Waals surface area contributed by atoms with Gasteiger partial charge in [0, 0.05) is 29.4 Å². The van der Waals surface area contributed by atoms with Crippen molar-refractivity contribution in [1.29, 1.82) is 0 Å². The Bertz CT molecular complexity index is 586. The third-order valence-corrected chi connectivity index (χ3v) is 4.23. The number of dihydropyridines is 1. The van der Waals surface area contributed by atoms with Gasteiger partial charge in [0.25, 0.3) is 5.69 Å². The van der Waals surface area contributed by atoms with E-state index in [9.17, 15) is 10.1 Å². The quantitative estimate of drug-likeness (QED) is 0.647. The number of nitro benzene ring substituents is 1. The predicted octanol–water partition coefficient (Wildman–Crippen LogP) is 4.65. The highest BCUT2D eigenvalue weighted by molar-refractivity contribution is 5.47. The maximum absolute atomic E-state index is 10.8. The zero-order valence-electron chi connectivity index (χ0n) is 13.1. The molecule has 0 aromatic heterocycles. The van der Waals surface area contributed by atoms with Crippen LogP contribution in [0.3, 0.4) is 0 Å². The summed E-state index contributed by atoms with van der Waals surface area (Å²) in [6, 6.07) is 6.98. The molecule has 0 bridgehead atoms. The predicted molar refractivity (Wildman–Crippen MR) is 85.0 cm³/mol. The van der Waals surface area contributed by atoms with Gasteiger partial charge in [0.15, 0.2) is 0 Å². The largest absolute Gasteiger partial charge is 0.363 e. The first kappa shape index (κ1) is 15.3. The number of hydrogen-bond donors (Lipinski definition) is 1. The highest BCUT2D eigenvalue weighted by Gasteiger charge is 2.26. The molecule has 4 nitrogen and oxygen atoms in total. The van der Waals surface area contributed by atoms with Crippen LogP contribution in [0.5, 0.6) is 0 Å². The first-order valence-electron chi connectivity index (χ1n) is 7.40. The van der Waals surface area contributed by atoms with E-state index >= 15 is 0 Å². The van der Waals surface area contributed by atoms with Crippen LogP contribution in [0, 0.1) is 10.1 Å². The Kier molecular flexibility index (Phi) is 4.46. The van der Waals surface area contributed by atoms with Gasteiger partial charge in [-0.3, -0.25) is 10.1 Å². The van der Waals surface area contributed by atoms with Gasteiger partial charge in [0.2, 0.25) is 0 Å². The average molecular weight is 286 g/mol. The van der Waals surface area contributed by atoms with Gasteiger partial charge in [-0.05, 0) is 43.4 Å². The van der Waals surface area contributed by atoms with Crippen molar-refractivity contribution in [3.05, 3.63) is 62.5 Å². The van der Waals surface area contributed by atoms with Crippen molar-refractivity contribution in [1.82, 2.24) is 5.32 Å². The van der Waals surface area contributed by atoms with Crippen LogP contribution in [0.1, 0.15) is 52.0 Å². The van der Waals surface area contributed by atoms with Crippen molar-refractivity contribution in [2.45, 2.75) is 46.5 Å². The zero-order chi connectivity index (χ0) is 15.6. The van der Waals surface area contributed by atoms with E-state index in [4.69, 9.17) is 0 Å². The molecule has 0 unspecified atom stereocenters. The van der Waals surface area contributed by atoms with Crippen LogP contribution in [0.4, 0.5) is 5.69 Å². The number of nitro groups is 1. The number of rotatable bonds is 4. The average Bonchev–Trinajstić information content (AvgIpc) is 2.46. The summed E-state index contributed by atoms with van der Waals surface area (Å²) in [5.41, 5.74) is 6.42. The fourth-order valence-electron chi connectivity index (χ4n) is 3.21. The first-order valence-corrected chi connectivity index (χ1v) is 7.40. The van der Waals surface area contributed by atoms with Gasteiger partial charge in [0.05, 0.1) is 4.92 Å². The molecule has 1 aliphatic rings. The maximum atomic E-state index is 10.8. The second-order valence-corrected chi connectivity index (χ2v) is 5.41. The van der Waals surface area contributed by atoms with Crippen molar-refractivity contribution in [2.24, 2.45) is 0 Å². The molecule has 21 heavy (non-hydrogen) atoms. The Morgan fingerprint density at radius 3 is 1.90 bits per heavy atom. The van der Waals surface area contributed by atoms with E-state index in [0.717, 1.165) is 18.4 Å². The molecule has 1 aromatic rings. The summed E-state index contributed by atoms with van der Waals surface area (Å²) in [7, 11) is 0. The minimum atomic E-state index is -0.351. The summed E-state index contributed by atoms with van der Waals surface area (Å²) in [6.45, 7) is 8.53. The van der Waals surface area contributed by atoms with Crippen LogP contribution in [-0.2, 0) is 0 Å². The zero-order valence-corrected chi connectivity index (χ0v) is 13.1. The van der Waals surface area contributed by atoms with E-state index < -0.39 is 0 Å². The Morgan fingerprint density at radius 2 is 1.52 bits per heavy atom. The van der Waals surface area contributed by atoms with Gasteiger partial charge in [-0.2, -0.15) is 0 Å². The van der Waals surface area contributed by atoms with Crippen LogP contribution < -0.4 is 5.32 Å². The molecule has 0 spiro atoms. The topological polar surface area (TPSA) is 55.2 Å². The molecular weight excluding hydrogens is 264 g/mol. The fourth-order valence-corrected chi connectivity index (χ4v) is 3.21. The summed E-state index contributed by atoms with van der Waals surface area (Å²) < 4.78 is 0. The molecule has 1 aliphatic heterocycles. The minimum absolute atomic E-state index is 0.144. The molecule has 0 radical (unpaired) electrons. The molecule has 0 saturated heterocycles. The molecule has 4 heteroatoms. The van der Waals surface area contributed by atoms with E-state index in [0.29, 0.717) is 0 Å². The summed E-state index contributed by atoms with van der Waals surface area (Å²) in [5.74, 6) is 0.238. The Labute approximate surface area is 125 Å². The van der Waals surface area contributed by atoms with Crippen molar-refractivity contribution < 1.29 is 4.92 Å². The van der Waals surface area contributed by atoms with Gasteiger partial charge in [0.1, 0.15) is 0 Å². The third-order valence-electron chi connectivity index (χ3n) is 4.23. The van der Waals surface area contributed by atoms with Crippen molar-refractivity contribution in [3.63, 3.8) is 0 Å². The molecule has 112 valence electrons. The summed E-state index contributed by atoms with van der Waals surface area (Å²) >= 11 is 0. The van der Waals surface area contributed by atoms with E-state index in [2.05, 4.69) is 33.0 Å². The molecule has 0 amide bonds. The standard InChI is InChI=1S/C17H22N2O2/c1-5-15-11(3)18-12(4)16(6-2)17(15)13-7-9-14(10-8-13)19(20)21/h7-10,17-18H,5-6H2,1-4H3. The number of allylic oxidation sites excluding steroid dienone is 4. The van der Waals surface area contributed by atoms with Gasteiger partial charge < -0.3 is 5.32 Å². The molecule has 0 saturated carbocycles. The minimum Gasteiger partial charge on any atom is -0.363 e. The summed E-state index contributed by atoms with van der Waals surface area (Å²) in [4.78, 5) is 10.5. The third kappa shape index (κ3) is 2.84. The Hall–Kier alpha value is -2.10. The lowest BCUT2D eigenvalue weighted by Crippen LogP contribution is -2.24. The molecule has 0 atom stereocenters. The summed E-state index contributed by atoms with van der Waals surface area (Å²) in [5, 5.41) is 14.3. The highest BCUT2D eigenvalue weighted by atomic mass is 16.6. The lowest BCUT2D eigenvalue weighted by Gasteiger charge is -2.32. The van der Waals surface area contributed by atoms with Crippen LogP contribution in [0.15, 0.2) is 46.8 Å². The van der Waals surface area contributed by atoms with Crippen molar-refractivity contribution in [2.75, 3.05) is 0 Å². The number of nitrogens with zero attached hydrogens (tertiary/aromatic N) is 1. The molecule has 2 rings (SSSR count). The Balaban J connectivity index is 2.50. The maximum Gasteiger partial charge on any atom is 0.269 e. The van der Waals surface area contributed by atoms with Gasteiger partial charge in [-0.1, -0.05) is 26.0 Å². The van der Waals surface area contributed by atoms with E-state index in [-0.39, 0.29) is 16.5 Å². The molecule has 1 aromatic carbocycles. The lowest BCUT2D eigenvalue weighted by atomic mass is 9.78. The van der Waals surface area contributed by atoms with E-state index in [1.807, 2.05) is 12.1 Å². The monoisotopic (exact) mass is 286 g/mol. The number of hydrogen-bond acceptors (Lipinski definition) is 3. The smallest absolute Gasteiger partial charge is 0.269 e. The van der Waals surface area contributed by atoms with Crippen molar-refractivity contribution in [3.8, 4) is 0 Å². The van der Waals surface area contributed by atoms with E-state index in [1.165, 1.54) is 22.5 Å². The van der Waals surface area contributed by atoms with Gasteiger partial charge in [-0.25, -0.2) is 0 Å². The van der Waals surface area contributed by atoms with Crippen molar-refractivity contribution >= 4 is 5.69 Å². The first-order chi connectivity index (χ1) is 9.99. The summed E-state index contributed by atoms with van der Waals surface area (Å²) in [6.07, 6.45) is 1.94. The number of non-ortho nitro benzene ring substituents is 1. The molecular formula is C17H22N2O2.